The molecule has 0 aromatic carbocycles. The molecule has 0 aliphatic heterocycles. The van der Waals surface area contributed by atoms with Gasteiger partial charge in [0.25, 0.3) is 5.91 Å². The molecule has 1 N–H and O–H groups in total. The first kappa shape index (κ1) is 13.3. The summed E-state index contributed by atoms with van der Waals surface area (Å²) in [5.41, 5.74) is 2.47. The molecule has 0 aliphatic carbocycles. The number of hydrogen-bond donors (Lipinski definition) is 1. The first-order chi connectivity index (χ1) is 9.06. The fraction of sp³-hybridized carbons (Fsp3) is 0.462. The highest BCUT2D eigenvalue weighted by molar-refractivity contribution is 5.92. The standard InChI is InChI=1S/C13H18N4O2/c1-9-7-10(2)17(15-9)6-4-5-14-13(18)12-8-11(3)19-16-12/h7-8H,4-6H2,1-3H3,(H,14,18). The van der Waals surface area contributed by atoms with Crippen LogP contribution in [0.5, 0.6) is 0 Å². The van der Waals surface area contributed by atoms with Gasteiger partial charge in [-0.05, 0) is 33.3 Å². The van der Waals surface area contributed by atoms with Crippen LogP contribution >= 0.6 is 0 Å². The maximum absolute atomic E-state index is 11.7. The quantitative estimate of drug-likeness (QED) is 0.831. The smallest absolute Gasteiger partial charge is 0.273 e. The number of carbonyl (C=O) groups excluding carboxylic acids is 1. The molecule has 0 unspecified atom stereocenters. The van der Waals surface area contributed by atoms with E-state index in [2.05, 4.69) is 15.6 Å². The second-order valence-electron chi connectivity index (χ2n) is 4.58. The van der Waals surface area contributed by atoms with Crippen LogP contribution in [0.4, 0.5) is 0 Å². The third kappa shape index (κ3) is 3.43. The van der Waals surface area contributed by atoms with Crippen LogP contribution in [0.15, 0.2) is 16.7 Å². The van der Waals surface area contributed by atoms with Gasteiger partial charge < -0.3 is 9.84 Å². The zero-order valence-electron chi connectivity index (χ0n) is 11.4. The molecule has 0 radical (unpaired) electrons. The van der Waals surface area contributed by atoms with Crippen LogP contribution < -0.4 is 5.32 Å². The SMILES string of the molecule is Cc1cc(C)n(CCCNC(=O)c2cc(C)on2)n1. The molecule has 0 saturated heterocycles. The molecule has 2 aromatic rings. The summed E-state index contributed by atoms with van der Waals surface area (Å²) in [5.74, 6) is 0.429. The Bertz CT molecular complexity index is 571. The number of hydrogen-bond acceptors (Lipinski definition) is 4. The van der Waals surface area contributed by atoms with Crippen molar-refractivity contribution in [2.45, 2.75) is 33.7 Å². The molecular weight excluding hydrogens is 244 g/mol. The molecule has 2 rings (SSSR count). The summed E-state index contributed by atoms with van der Waals surface area (Å²) in [6, 6.07) is 3.66. The molecule has 6 nitrogen and oxygen atoms in total. The van der Waals surface area contributed by atoms with E-state index in [0.717, 1.165) is 24.4 Å². The summed E-state index contributed by atoms with van der Waals surface area (Å²) in [5, 5.41) is 10.8. The largest absolute Gasteiger partial charge is 0.361 e. The molecule has 0 fully saturated rings. The molecule has 1 amide bonds. The van der Waals surface area contributed by atoms with Crippen molar-refractivity contribution in [3.63, 3.8) is 0 Å². The maximum Gasteiger partial charge on any atom is 0.273 e. The molecule has 2 heterocycles. The highest BCUT2D eigenvalue weighted by atomic mass is 16.5. The minimum atomic E-state index is -0.204. The summed E-state index contributed by atoms with van der Waals surface area (Å²) >= 11 is 0. The fourth-order valence-electron chi connectivity index (χ4n) is 1.90. The van der Waals surface area contributed by atoms with Crippen molar-refractivity contribution >= 4 is 5.91 Å². The van der Waals surface area contributed by atoms with Gasteiger partial charge in [-0.2, -0.15) is 5.10 Å². The van der Waals surface area contributed by atoms with Gasteiger partial charge >= 0.3 is 0 Å². The van der Waals surface area contributed by atoms with Crippen LogP contribution in [0.2, 0.25) is 0 Å². The lowest BCUT2D eigenvalue weighted by atomic mass is 10.3. The van der Waals surface area contributed by atoms with Gasteiger partial charge in [0.2, 0.25) is 0 Å². The van der Waals surface area contributed by atoms with Crippen LogP contribution in [-0.4, -0.2) is 27.4 Å². The first-order valence-corrected chi connectivity index (χ1v) is 6.29. The Morgan fingerprint density at radius 1 is 1.37 bits per heavy atom. The zero-order valence-corrected chi connectivity index (χ0v) is 11.4. The van der Waals surface area contributed by atoms with Crippen molar-refractivity contribution in [1.29, 1.82) is 0 Å². The topological polar surface area (TPSA) is 73.0 Å². The maximum atomic E-state index is 11.7. The first-order valence-electron chi connectivity index (χ1n) is 6.29. The Morgan fingerprint density at radius 2 is 2.16 bits per heavy atom. The van der Waals surface area contributed by atoms with Gasteiger partial charge in [0.1, 0.15) is 5.76 Å². The van der Waals surface area contributed by atoms with Gasteiger partial charge in [-0.1, -0.05) is 5.16 Å². The van der Waals surface area contributed by atoms with E-state index in [1.54, 1.807) is 13.0 Å². The summed E-state index contributed by atoms with van der Waals surface area (Å²) in [6.07, 6.45) is 0.824. The van der Waals surface area contributed by atoms with Crippen molar-refractivity contribution in [3.8, 4) is 0 Å². The molecule has 0 atom stereocenters. The molecule has 0 spiro atoms. The lowest BCUT2D eigenvalue weighted by Crippen LogP contribution is -2.25. The van der Waals surface area contributed by atoms with Gasteiger partial charge in [0, 0.05) is 24.8 Å². The van der Waals surface area contributed by atoms with Crippen molar-refractivity contribution in [3.05, 3.63) is 35.0 Å². The van der Waals surface area contributed by atoms with Crippen LogP contribution in [0.25, 0.3) is 0 Å². The Labute approximate surface area is 111 Å². The second-order valence-corrected chi connectivity index (χ2v) is 4.58. The van der Waals surface area contributed by atoms with Crippen LogP contribution in [-0.2, 0) is 6.54 Å². The molecule has 0 aliphatic rings. The van der Waals surface area contributed by atoms with Gasteiger partial charge in [-0.15, -0.1) is 0 Å². The highest BCUT2D eigenvalue weighted by Gasteiger charge is 2.09. The van der Waals surface area contributed by atoms with E-state index >= 15 is 0 Å². The molecular formula is C13H18N4O2. The van der Waals surface area contributed by atoms with Crippen LogP contribution in [0.3, 0.4) is 0 Å². The predicted octanol–water partition coefficient (Wildman–Crippen LogP) is 1.62. The van der Waals surface area contributed by atoms with Crippen molar-refractivity contribution < 1.29 is 9.32 Å². The van der Waals surface area contributed by atoms with Gasteiger partial charge in [-0.25, -0.2) is 0 Å². The minimum Gasteiger partial charge on any atom is -0.361 e. The van der Waals surface area contributed by atoms with E-state index in [4.69, 9.17) is 4.52 Å². The number of rotatable bonds is 5. The van der Waals surface area contributed by atoms with Gasteiger partial charge in [0.05, 0.1) is 5.69 Å². The van der Waals surface area contributed by atoms with Crippen molar-refractivity contribution in [1.82, 2.24) is 20.3 Å². The number of nitrogens with zero attached hydrogens (tertiary/aromatic N) is 3. The summed E-state index contributed by atoms with van der Waals surface area (Å²) in [4.78, 5) is 11.7. The molecule has 0 saturated carbocycles. The van der Waals surface area contributed by atoms with E-state index < -0.39 is 0 Å². The predicted molar refractivity (Wildman–Crippen MR) is 69.9 cm³/mol. The third-order valence-corrected chi connectivity index (χ3v) is 2.80. The summed E-state index contributed by atoms with van der Waals surface area (Å²) in [6.45, 7) is 7.13. The second kappa shape index (κ2) is 5.69. The Morgan fingerprint density at radius 3 is 2.74 bits per heavy atom. The van der Waals surface area contributed by atoms with E-state index in [0.29, 0.717) is 18.0 Å². The normalized spacial score (nSPS) is 10.7. The number of nitrogens with one attached hydrogen (secondary N) is 1. The molecule has 2 aromatic heterocycles. The van der Waals surface area contributed by atoms with Crippen LogP contribution in [0.1, 0.15) is 34.1 Å². The summed E-state index contributed by atoms with van der Waals surface area (Å²) in [7, 11) is 0. The number of amides is 1. The lowest BCUT2D eigenvalue weighted by molar-refractivity contribution is 0.0943. The highest BCUT2D eigenvalue weighted by Crippen LogP contribution is 2.03. The molecule has 0 bridgehead atoms. The van der Waals surface area contributed by atoms with E-state index in [1.807, 2.05) is 24.6 Å². The Balaban J connectivity index is 1.75. The van der Waals surface area contributed by atoms with Crippen molar-refractivity contribution in [2.24, 2.45) is 0 Å². The van der Waals surface area contributed by atoms with E-state index in [9.17, 15) is 4.79 Å². The number of aryl methyl sites for hydroxylation is 4. The lowest BCUT2D eigenvalue weighted by Gasteiger charge is -2.05. The average molecular weight is 262 g/mol. The monoisotopic (exact) mass is 262 g/mol. The van der Waals surface area contributed by atoms with Crippen LogP contribution in [0, 0.1) is 20.8 Å². The number of carbonyl (C=O) groups is 1. The molecule has 102 valence electrons. The number of aromatic nitrogens is 3. The summed E-state index contributed by atoms with van der Waals surface area (Å²) < 4.78 is 6.80. The van der Waals surface area contributed by atoms with Crippen molar-refractivity contribution in [2.75, 3.05) is 6.54 Å². The fourth-order valence-corrected chi connectivity index (χ4v) is 1.90. The zero-order chi connectivity index (χ0) is 13.8. The average Bonchev–Trinajstić information content (AvgIpc) is 2.91. The Kier molecular flexibility index (Phi) is 3.99. The van der Waals surface area contributed by atoms with E-state index in [-0.39, 0.29) is 5.91 Å². The van der Waals surface area contributed by atoms with E-state index in [1.165, 1.54) is 0 Å². The van der Waals surface area contributed by atoms with Gasteiger partial charge in [-0.3, -0.25) is 9.48 Å². The third-order valence-electron chi connectivity index (χ3n) is 2.80. The van der Waals surface area contributed by atoms with Gasteiger partial charge in [0.15, 0.2) is 5.69 Å². The molecule has 19 heavy (non-hydrogen) atoms. The molecule has 6 heteroatoms. The minimum absolute atomic E-state index is 0.204. The Hall–Kier alpha value is -2.11.